The number of nitrogens with zero attached hydrogens (tertiary/aromatic N) is 2. The molecule has 33 heavy (non-hydrogen) atoms. The number of anilines is 1. The molecular formula is C24H27FN2O5S. The molecule has 0 N–H and O–H groups in total. The first kappa shape index (κ1) is 22.0. The number of benzene rings is 1. The second-order valence-corrected chi connectivity index (χ2v) is 11.2. The Morgan fingerprint density at radius 1 is 1.15 bits per heavy atom. The van der Waals surface area contributed by atoms with Crippen molar-refractivity contribution in [3.63, 3.8) is 0 Å². The molecule has 3 aromatic rings. The Morgan fingerprint density at radius 2 is 1.94 bits per heavy atom. The summed E-state index contributed by atoms with van der Waals surface area (Å²) < 4.78 is 50.0. The Bertz CT molecular complexity index is 1290. The summed E-state index contributed by atoms with van der Waals surface area (Å²) in [4.78, 5) is 17.3. The zero-order valence-corrected chi connectivity index (χ0v) is 19.4. The van der Waals surface area contributed by atoms with Gasteiger partial charge in [-0.2, -0.15) is 0 Å². The lowest BCUT2D eigenvalue weighted by atomic mass is 10.1. The van der Waals surface area contributed by atoms with Gasteiger partial charge in [0.25, 0.3) is 5.91 Å². The minimum absolute atomic E-state index is 0.0446. The lowest BCUT2D eigenvalue weighted by Gasteiger charge is -2.27. The lowest BCUT2D eigenvalue weighted by molar-refractivity contribution is 0.0635. The average Bonchev–Trinajstić information content (AvgIpc) is 3.50. The van der Waals surface area contributed by atoms with Crippen molar-refractivity contribution in [2.24, 2.45) is 0 Å². The highest BCUT2D eigenvalue weighted by Gasteiger charge is 2.37. The molecule has 2 saturated heterocycles. The Balaban J connectivity index is 1.46. The van der Waals surface area contributed by atoms with Gasteiger partial charge in [0.2, 0.25) is 0 Å². The van der Waals surface area contributed by atoms with Crippen molar-refractivity contribution in [1.29, 1.82) is 0 Å². The number of carbonyl (C=O) groups excluding carboxylic acids is 1. The monoisotopic (exact) mass is 474 g/mol. The molecule has 2 fully saturated rings. The van der Waals surface area contributed by atoms with E-state index in [1.54, 1.807) is 6.92 Å². The molecule has 176 valence electrons. The van der Waals surface area contributed by atoms with E-state index in [9.17, 15) is 17.6 Å². The van der Waals surface area contributed by atoms with Gasteiger partial charge >= 0.3 is 0 Å². The van der Waals surface area contributed by atoms with Gasteiger partial charge < -0.3 is 18.6 Å². The van der Waals surface area contributed by atoms with E-state index >= 15 is 0 Å². The first-order chi connectivity index (χ1) is 15.8. The van der Waals surface area contributed by atoms with Crippen LogP contribution < -0.4 is 4.90 Å². The number of fused-ring (bicyclic) bond motifs is 1. The average molecular weight is 475 g/mol. The van der Waals surface area contributed by atoms with Crippen molar-refractivity contribution in [2.75, 3.05) is 29.5 Å². The Hall–Kier alpha value is -2.81. The van der Waals surface area contributed by atoms with Crippen LogP contribution in [0.1, 0.15) is 47.6 Å². The first-order valence-electron chi connectivity index (χ1n) is 11.3. The summed E-state index contributed by atoms with van der Waals surface area (Å²) in [5.41, 5.74) is 0.954. The van der Waals surface area contributed by atoms with Crippen LogP contribution in [0.25, 0.3) is 11.0 Å². The minimum atomic E-state index is -3.21. The van der Waals surface area contributed by atoms with Crippen molar-refractivity contribution in [3.05, 3.63) is 53.2 Å². The third kappa shape index (κ3) is 4.38. The van der Waals surface area contributed by atoms with E-state index in [-0.39, 0.29) is 23.8 Å². The predicted molar refractivity (Wildman–Crippen MR) is 123 cm³/mol. The highest BCUT2D eigenvalue weighted by atomic mass is 32.2. The number of rotatable bonds is 5. The zero-order chi connectivity index (χ0) is 23.2. The number of aryl methyl sites for hydroxylation is 1. The normalized spacial score (nSPS) is 20.4. The van der Waals surface area contributed by atoms with Crippen LogP contribution in [0.2, 0.25) is 0 Å². The maximum Gasteiger partial charge on any atom is 0.290 e. The van der Waals surface area contributed by atoms with E-state index in [1.165, 1.54) is 29.5 Å². The Labute approximate surface area is 192 Å². The molecule has 1 unspecified atom stereocenters. The van der Waals surface area contributed by atoms with E-state index in [4.69, 9.17) is 8.83 Å². The SMILES string of the molecule is Cc1c(C(=O)N(Cc2ccc(N3CCCCC3)o2)C2CCS(=O)(=O)C2)oc2ccc(F)cc12. The van der Waals surface area contributed by atoms with Gasteiger partial charge in [-0.05, 0) is 56.9 Å². The Morgan fingerprint density at radius 3 is 2.67 bits per heavy atom. The molecule has 2 aliphatic rings. The van der Waals surface area contributed by atoms with E-state index in [1.807, 2.05) is 12.1 Å². The topological polar surface area (TPSA) is 84.0 Å². The van der Waals surface area contributed by atoms with Gasteiger partial charge in [0, 0.05) is 36.1 Å². The molecule has 0 spiro atoms. The summed E-state index contributed by atoms with van der Waals surface area (Å²) in [6.45, 7) is 3.72. The van der Waals surface area contributed by atoms with Crippen molar-refractivity contribution >= 4 is 32.6 Å². The van der Waals surface area contributed by atoms with Gasteiger partial charge in [-0.1, -0.05) is 0 Å². The van der Waals surface area contributed by atoms with Crippen LogP contribution >= 0.6 is 0 Å². The van der Waals surface area contributed by atoms with Gasteiger partial charge in [0.15, 0.2) is 21.5 Å². The van der Waals surface area contributed by atoms with Gasteiger partial charge in [0.1, 0.15) is 17.2 Å². The number of hydrogen-bond donors (Lipinski definition) is 0. The number of amides is 1. The van der Waals surface area contributed by atoms with Crippen molar-refractivity contribution < 1.29 is 26.4 Å². The van der Waals surface area contributed by atoms with E-state index in [2.05, 4.69) is 4.90 Å². The second kappa shape index (κ2) is 8.52. The van der Waals surface area contributed by atoms with Crippen LogP contribution in [0.4, 0.5) is 10.3 Å². The fraction of sp³-hybridized carbons (Fsp3) is 0.458. The van der Waals surface area contributed by atoms with Crippen LogP contribution in [0.15, 0.2) is 39.2 Å². The van der Waals surface area contributed by atoms with Gasteiger partial charge in [0.05, 0.1) is 18.1 Å². The minimum Gasteiger partial charge on any atom is -0.451 e. The fourth-order valence-electron chi connectivity index (χ4n) is 4.82. The van der Waals surface area contributed by atoms with Gasteiger partial charge in [-0.25, -0.2) is 12.8 Å². The summed E-state index contributed by atoms with van der Waals surface area (Å²) in [7, 11) is -3.21. The third-order valence-electron chi connectivity index (χ3n) is 6.64. The van der Waals surface area contributed by atoms with Crippen LogP contribution in [0.3, 0.4) is 0 Å². The number of carbonyl (C=O) groups is 1. The highest BCUT2D eigenvalue weighted by Crippen LogP contribution is 2.31. The van der Waals surface area contributed by atoms with Crippen molar-refractivity contribution in [2.45, 2.75) is 45.2 Å². The fourth-order valence-corrected chi connectivity index (χ4v) is 6.55. The molecule has 4 heterocycles. The molecule has 2 aliphatic heterocycles. The first-order valence-corrected chi connectivity index (χ1v) is 13.2. The molecule has 9 heteroatoms. The summed E-state index contributed by atoms with van der Waals surface area (Å²) in [6.07, 6.45) is 3.81. The van der Waals surface area contributed by atoms with Crippen LogP contribution in [-0.2, 0) is 16.4 Å². The third-order valence-corrected chi connectivity index (χ3v) is 8.39. The molecule has 0 saturated carbocycles. The van der Waals surface area contributed by atoms with Gasteiger partial charge in [-0.3, -0.25) is 4.79 Å². The second-order valence-electron chi connectivity index (χ2n) is 8.97. The quantitative estimate of drug-likeness (QED) is 0.549. The summed E-state index contributed by atoms with van der Waals surface area (Å²) in [6, 6.07) is 7.39. The molecule has 1 atom stereocenters. The number of sulfone groups is 1. The smallest absolute Gasteiger partial charge is 0.290 e. The molecule has 7 nitrogen and oxygen atoms in total. The van der Waals surface area contributed by atoms with Crippen LogP contribution in [0.5, 0.6) is 0 Å². The highest BCUT2D eigenvalue weighted by molar-refractivity contribution is 7.91. The van der Waals surface area contributed by atoms with E-state index in [0.717, 1.165) is 31.8 Å². The molecule has 0 radical (unpaired) electrons. The lowest BCUT2D eigenvalue weighted by Crippen LogP contribution is -2.40. The maximum absolute atomic E-state index is 13.7. The molecule has 1 aromatic carbocycles. The van der Waals surface area contributed by atoms with Crippen LogP contribution in [-0.4, -0.2) is 49.9 Å². The summed E-state index contributed by atoms with van der Waals surface area (Å²) in [5, 5.41) is 0.530. The number of halogens is 1. The molecule has 5 rings (SSSR count). The molecule has 1 amide bonds. The molecule has 0 aliphatic carbocycles. The molecule has 0 bridgehead atoms. The van der Waals surface area contributed by atoms with E-state index < -0.39 is 27.6 Å². The largest absolute Gasteiger partial charge is 0.451 e. The summed E-state index contributed by atoms with van der Waals surface area (Å²) >= 11 is 0. The van der Waals surface area contributed by atoms with Crippen LogP contribution in [0, 0.1) is 12.7 Å². The van der Waals surface area contributed by atoms with Crippen molar-refractivity contribution in [1.82, 2.24) is 4.90 Å². The predicted octanol–water partition coefficient (Wildman–Crippen LogP) is 4.29. The number of hydrogen-bond acceptors (Lipinski definition) is 6. The van der Waals surface area contributed by atoms with E-state index in [0.29, 0.717) is 28.7 Å². The summed E-state index contributed by atoms with van der Waals surface area (Å²) in [5.74, 6) is 0.587. The number of furan rings is 2. The number of piperidine rings is 1. The van der Waals surface area contributed by atoms with Crippen molar-refractivity contribution in [3.8, 4) is 0 Å². The maximum atomic E-state index is 13.7. The van der Waals surface area contributed by atoms with Gasteiger partial charge in [-0.15, -0.1) is 0 Å². The Kier molecular flexibility index (Phi) is 5.68. The zero-order valence-electron chi connectivity index (χ0n) is 18.5. The standard InChI is InChI=1S/C24H27FN2O5S/c1-16-20-13-17(25)5-7-21(20)32-23(16)24(28)27(18-9-12-33(29,30)15-18)14-19-6-8-22(31-19)26-10-3-2-4-11-26/h5-8,13,18H,2-4,9-12,14-15H2,1H3. The molecular weight excluding hydrogens is 447 g/mol. The molecule has 2 aromatic heterocycles.